The van der Waals surface area contributed by atoms with Gasteiger partial charge in [-0.15, -0.1) is 0 Å². The molecule has 2 rings (SSSR count). The Labute approximate surface area is 133 Å². The van der Waals surface area contributed by atoms with Crippen LogP contribution < -0.4 is 4.72 Å². The first kappa shape index (κ1) is 15.5. The van der Waals surface area contributed by atoms with E-state index in [0.29, 0.717) is 14.5 Å². The largest absolute Gasteiger partial charge is 0.277 e. The summed E-state index contributed by atoms with van der Waals surface area (Å²) in [6.07, 6.45) is 0. The Morgan fingerprint density at radius 1 is 1.05 bits per heavy atom. The van der Waals surface area contributed by atoms with E-state index in [-0.39, 0.29) is 10.6 Å². The molecule has 0 aromatic heterocycles. The van der Waals surface area contributed by atoms with Gasteiger partial charge < -0.3 is 0 Å². The molecule has 0 amide bonds. The van der Waals surface area contributed by atoms with Crippen molar-refractivity contribution in [2.45, 2.75) is 11.8 Å². The molecule has 0 aliphatic carbocycles. The minimum atomic E-state index is -3.85. The van der Waals surface area contributed by atoms with Gasteiger partial charge in [-0.25, -0.2) is 12.8 Å². The molecule has 0 fully saturated rings. The van der Waals surface area contributed by atoms with Gasteiger partial charge in [-0.05, 0) is 42.8 Å². The molecule has 0 saturated heterocycles. The van der Waals surface area contributed by atoms with Crippen molar-refractivity contribution < 1.29 is 12.8 Å². The number of sulfonamides is 1. The first-order chi connectivity index (χ1) is 9.29. The van der Waals surface area contributed by atoms with Gasteiger partial charge in [0.1, 0.15) is 5.82 Å². The Hall–Kier alpha value is -0.920. The standard InChI is InChI=1S/C13H10Br2FNO2S/c1-8-2-3-10(15)7-13(8)20(18,19)17-12-6-9(14)4-5-11(12)16/h2-7,17H,1H3. The van der Waals surface area contributed by atoms with E-state index in [2.05, 4.69) is 36.6 Å². The fraction of sp³-hybridized carbons (Fsp3) is 0.0769. The zero-order valence-corrected chi connectivity index (χ0v) is 14.3. The molecule has 2 aromatic rings. The normalized spacial score (nSPS) is 11.4. The van der Waals surface area contributed by atoms with Crippen molar-refractivity contribution >= 4 is 47.6 Å². The number of aryl methyl sites for hydroxylation is 1. The van der Waals surface area contributed by atoms with Gasteiger partial charge >= 0.3 is 0 Å². The minimum Gasteiger partial charge on any atom is -0.277 e. The van der Waals surface area contributed by atoms with E-state index in [0.717, 1.165) is 0 Å². The molecule has 0 radical (unpaired) electrons. The van der Waals surface area contributed by atoms with Crippen molar-refractivity contribution in [3.05, 3.63) is 56.7 Å². The molecule has 1 N–H and O–H groups in total. The van der Waals surface area contributed by atoms with E-state index >= 15 is 0 Å². The van der Waals surface area contributed by atoms with Crippen LogP contribution in [0.1, 0.15) is 5.56 Å². The smallest absolute Gasteiger partial charge is 0.262 e. The predicted octanol–water partition coefficient (Wildman–Crippen LogP) is 4.46. The van der Waals surface area contributed by atoms with Gasteiger partial charge in [0.2, 0.25) is 0 Å². The van der Waals surface area contributed by atoms with Crippen LogP contribution in [0, 0.1) is 12.7 Å². The van der Waals surface area contributed by atoms with Crippen molar-refractivity contribution in [1.29, 1.82) is 0 Å². The van der Waals surface area contributed by atoms with E-state index in [1.54, 1.807) is 19.1 Å². The molecular weight excluding hydrogens is 413 g/mol. The topological polar surface area (TPSA) is 46.2 Å². The zero-order chi connectivity index (χ0) is 14.9. The summed E-state index contributed by atoms with van der Waals surface area (Å²) in [6, 6.07) is 8.96. The van der Waals surface area contributed by atoms with Crippen molar-refractivity contribution in [3.63, 3.8) is 0 Å². The van der Waals surface area contributed by atoms with Crippen LogP contribution >= 0.6 is 31.9 Å². The Kier molecular flexibility index (Phi) is 4.51. The number of halogens is 3. The second-order valence-corrected chi connectivity index (χ2v) is 7.62. The molecule has 2 aromatic carbocycles. The first-order valence-electron chi connectivity index (χ1n) is 5.53. The molecule has 0 heterocycles. The Balaban J connectivity index is 2.46. The molecule has 0 saturated carbocycles. The van der Waals surface area contributed by atoms with Crippen molar-refractivity contribution in [3.8, 4) is 0 Å². The number of anilines is 1. The average Bonchev–Trinajstić information content (AvgIpc) is 2.36. The van der Waals surface area contributed by atoms with Crippen LogP contribution in [0.4, 0.5) is 10.1 Å². The number of hydrogen-bond donors (Lipinski definition) is 1. The van der Waals surface area contributed by atoms with E-state index in [1.807, 2.05) is 0 Å². The van der Waals surface area contributed by atoms with Gasteiger partial charge in [-0.1, -0.05) is 37.9 Å². The summed E-state index contributed by atoms with van der Waals surface area (Å²) in [5, 5.41) is 0. The van der Waals surface area contributed by atoms with Crippen LogP contribution in [0.2, 0.25) is 0 Å². The lowest BCUT2D eigenvalue weighted by Gasteiger charge is -2.11. The van der Waals surface area contributed by atoms with Crippen LogP contribution in [0.25, 0.3) is 0 Å². The van der Waals surface area contributed by atoms with E-state index in [4.69, 9.17) is 0 Å². The summed E-state index contributed by atoms with van der Waals surface area (Å²) in [4.78, 5) is 0.103. The summed E-state index contributed by atoms with van der Waals surface area (Å²) in [6.45, 7) is 1.68. The van der Waals surface area contributed by atoms with Crippen molar-refractivity contribution in [2.24, 2.45) is 0 Å². The first-order valence-corrected chi connectivity index (χ1v) is 8.60. The molecule has 0 aliphatic rings. The molecule has 7 heteroatoms. The lowest BCUT2D eigenvalue weighted by Crippen LogP contribution is -2.15. The third-order valence-corrected chi connectivity index (χ3v) is 5.11. The van der Waals surface area contributed by atoms with Crippen molar-refractivity contribution in [1.82, 2.24) is 0 Å². The molecule has 20 heavy (non-hydrogen) atoms. The second-order valence-electron chi connectivity index (χ2n) is 4.14. The Morgan fingerprint density at radius 3 is 2.35 bits per heavy atom. The third kappa shape index (κ3) is 3.39. The lowest BCUT2D eigenvalue weighted by atomic mass is 10.2. The molecule has 0 bridgehead atoms. The fourth-order valence-corrected chi connectivity index (χ4v) is 3.84. The quantitative estimate of drug-likeness (QED) is 0.793. The van der Waals surface area contributed by atoms with Crippen LogP contribution in [-0.4, -0.2) is 8.42 Å². The van der Waals surface area contributed by atoms with Gasteiger partial charge in [0.05, 0.1) is 10.6 Å². The molecule has 3 nitrogen and oxygen atoms in total. The zero-order valence-electron chi connectivity index (χ0n) is 10.3. The summed E-state index contributed by atoms with van der Waals surface area (Å²) in [7, 11) is -3.85. The highest BCUT2D eigenvalue weighted by Gasteiger charge is 2.19. The summed E-state index contributed by atoms with van der Waals surface area (Å²) < 4.78 is 41.8. The maximum Gasteiger partial charge on any atom is 0.262 e. The summed E-state index contributed by atoms with van der Waals surface area (Å²) >= 11 is 6.40. The SMILES string of the molecule is Cc1ccc(Br)cc1S(=O)(=O)Nc1cc(Br)ccc1F. The lowest BCUT2D eigenvalue weighted by molar-refractivity contribution is 0.598. The van der Waals surface area contributed by atoms with Crippen LogP contribution in [0.3, 0.4) is 0 Å². The number of hydrogen-bond acceptors (Lipinski definition) is 2. The summed E-state index contributed by atoms with van der Waals surface area (Å²) in [5.41, 5.74) is 0.481. The number of rotatable bonds is 3. The van der Waals surface area contributed by atoms with E-state index < -0.39 is 15.8 Å². The molecule has 0 aliphatic heterocycles. The van der Waals surface area contributed by atoms with Gasteiger partial charge in [0, 0.05) is 8.95 Å². The molecule has 106 valence electrons. The van der Waals surface area contributed by atoms with Crippen LogP contribution in [0.15, 0.2) is 50.2 Å². The average molecular weight is 423 g/mol. The maximum absolute atomic E-state index is 13.6. The highest BCUT2D eigenvalue weighted by molar-refractivity contribution is 9.10. The number of benzene rings is 2. The molecule has 0 atom stereocenters. The fourth-order valence-electron chi connectivity index (χ4n) is 1.64. The molecular formula is C13H10Br2FNO2S. The highest BCUT2D eigenvalue weighted by Crippen LogP contribution is 2.26. The summed E-state index contributed by atoms with van der Waals surface area (Å²) in [5.74, 6) is -0.635. The van der Waals surface area contributed by atoms with Gasteiger partial charge in [-0.2, -0.15) is 0 Å². The Morgan fingerprint density at radius 2 is 1.65 bits per heavy atom. The molecule has 0 unspecified atom stereocenters. The second kappa shape index (κ2) is 5.83. The monoisotopic (exact) mass is 421 g/mol. The van der Waals surface area contributed by atoms with E-state index in [9.17, 15) is 12.8 Å². The maximum atomic E-state index is 13.6. The Bertz CT molecular complexity index is 763. The van der Waals surface area contributed by atoms with Crippen molar-refractivity contribution in [2.75, 3.05) is 4.72 Å². The van der Waals surface area contributed by atoms with Crippen LogP contribution in [-0.2, 0) is 10.0 Å². The third-order valence-electron chi connectivity index (χ3n) is 2.61. The highest BCUT2D eigenvalue weighted by atomic mass is 79.9. The van der Waals surface area contributed by atoms with Gasteiger partial charge in [0.15, 0.2) is 0 Å². The predicted molar refractivity (Wildman–Crippen MR) is 83.8 cm³/mol. The number of nitrogens with one attached hydrogen (secondary N) is 1. The van der Waals surface area contributed by atoms with Crippen LogP contribution in [0.5, 0.6) is 0 Å². The van der Waals surface area contributed by atoms with Gasteiger partial charge in [0.25, 0.3) is 10.0 Å². The van der Waals surface area contributed by atoms with Gasteiger partial charge in [-0.3, -0.25) is 4.72 Å². The van der Waals surface area contributed by atoms with E-state index in [1.165, 1.54) is 24.3 Å². The minimum absolute atomic E-state index is 0.0984. The molecule has 0 spiro atoms.